The maximum Gasteiger partial charge on any atom is 0.0545 e. The second-order valence-electron chi connectivity index (χ2n) is 5.91. The van der Waals surface area contributed by atoms with E-state index in [4.69, 9.17) is 0 Å². The Balaban J connectivity index is 2.02. The molecule has 0 amide bonds. The van der Waals surface area contributed by atoms with Crippen LogP contribution in [0.2, 0.25) is 0 Å². The molecule has 0 atom stereocenters. The lowest BCUT2D eigenvalue weighted by molar-refractivity contribution is 1.57. The molecule has 22 heavy (non-hydrogen) atoms. The Morgan fingerprint density at radius 3 is 2.64 bits per heavy atom. The molecule has 0 bridgehead atoms. The van der Waals surface area contributed by atoms with E-state index in [1.807, 2.05) is 11.3 Å². The van der Waals surface area contributed by atoms with Crippen molar-refractivity contribution in [2.45, 2.75) is 0 Å². The van der Waals surface area contributed by atoms with Gasteiger partial charge in [-0.15, -0.1) is 11.3 Å². The highest BCUT2D eigenvalue weighted by Crippen LogP contribution is 2.44. The smallest absolute Gasteiger partial charge is 0.0545 e. The molecule has 0 fully saturated rings. The second kappa shape index (κ2) is 3.60. The number of thiophene rings is 1. The van der Waals surface area contributed by atoms with Crippen molar-refractivity contribution in [3.63, 3.8) is 0 Å². The van der Waals surface area contributed by atoms with Gasteiger partial charge in [-0.1, -0.05) is 42.5 Å². The van der Waals surface area contributed by atoms with Gasteiger partial charge in [0, 0.05) is 41.8 Å². The van der Waals surface area contributed by atoms with Gasteiger partial charge in [0.1, 0.15) is 0 Å². The summed E-state index contributed by atoms with van der Waals surface area (Å²) in [4.78, 5) is 3.63. The third-order valence-corrected chi connectivity index (χ3v) is 5.87. The predicted octanol–water partition coefficient (Wildman–Crippen LogP) is 6.28. The number of benzene rings is 4. The zero-order valence-electron chi connectivity index (χ0n) is 11.7. The Morgan fingerprint density at radius 2 is 1.64 bits per heavy atom. The van der Waals surface area contributed by atoms with Crippen molar-refractivity contribution in [3.8, 4) is 0 Å². The van der Waals surface area contributed by atoms with Crippen molar-refractivity contribution in [2.75, 3.05) is 0 Å². The highest BCUT2D eigenvalue weighted by atomic mass is 32.1. The molecule has 0 aliphatic rings. The van der Waals surface area contributed by atoms with Crippen LogP contribution in [0.1, 0.15) is 0 Å². The van der Waals surface area contributed by atoms with Crippen molar-refractivity contribution in [2.24, 2.45) is 0 Å². The van der Waals surface area contributed by atoms with Gasteiger partial charge in [0.2, 0.25) is 0 Å². The van der Waals surface area contributed by atoms with Crippen molar-refractivity contribution < 1.29 is 0 Å². The highest BCUT2D eigenvalue weighted by molar-refractivity contribution is 7.26. The summed E-state index contributed by atoms with van der Waals surface area (Å²) in [6.45, 7) is 0. The van der Waals surface area contributed by atoms with Gasteiger partial charge in [-0.05, 0) is 23.6 Å². The van der Waals surface area contributed by atoms with Gasteiger partial charge in [0.05, 0.1) is 5.52 Å². The van der Waals surface area contributed by atoms with E-state index in [-0.39, 0.29) is 0 Å². The average molecular weight is 297 g/mol. The van der Waals surface area contributed by atoms with Crippen LogP contribution in [0, 0.1) is 0 Å². The van der Waals surface area contributed by atoms with Crippen LogP contribution in [-0.2, 0) is 0 Å². The molecular formula is C20H11NS. The molecule has 6 rings (SSSR count). The van der Waals surface area contributed by atoms with Crippen molar-refractivity contribution in [3.05, 3.63) is 60.7 Å². The summed E-state index contributed by atoms with van der Waals surface area (Å²) in [6.07, 6.45) is 0. The van der Waals surface area contributed by atoms with E-state index in [1.54, 1.807) is 0 Å². The molecule has 2 heterocycles. The van der Waals surface area contributed by atoms with E-state index in [1.165, 1.54) is 52.8 Å². The molecule has 0 spiro atoms. The minimum absolute atomic E-state index is 1.22. The van der Waals surface area contributed by atoms with Crippen LogP contribution in [0.25, 0.3) is 52.8 Å². The molecule has 6 aromatic rings. The Kier molecular flexibility index (Phi) is 1.81. The van der Waals surface area contributed by atoms with E-state index in [0.717, 1.165) is 0 Å². The molecule has 0 saturated heterocycles. The van der Waals surface area contributed by atoms with E-state index in [2.05, 4.69) is 65.6 Å². The zero-order chi connectivity index (χ0) is 14.3. The van der Waals surface area contributed by atoms with E-state index >= 15 is 0 Å². The first-order chi connectivity index (χ1) is 10.9. The molecule has 4 aromatic carbocycles. The van der Waals surface area contributed by atoms with Crippen LogP contribution >= 0.6 is 11.3 Å². The molecule has 0 saturated carbocycles. The van der Waals surface area contributed by atoms with Crippen LogP contribution in [0.4, 0.5) is 0 Å². The lowest BCUT2D eigenvalue weighted by Crippen LogP contribution is -1.78. The van der Waals surface area contributed by atoms with Gasteiger partial charge >= 0.3 is 0 Å². The molecule has 0 aliphatic carbocycles. The first-order valence-corrected chi connectivity index (χ1v) is 8.28. The van der Waals surface area contributed by atoms with Crippen LogP contribution in [0.5, 0.6) is 0 Å². The molecule has 0 unspecified atom stereocenters. The number of rotatable bonds is 0. The second-order valence-corrected chi connectivity index (χ2v) is 7.00. The molecule has 2 heteroatoms. The fourth-order valence-corrected chi connectivity index (χ4v) is 5.02. The SMILES string of the molecule is c1ccc2c(c1)[nH]c1c2cc2sc3cccc4ccc1c2c43. The van der Waals surface area contributed by atoms with E-state index < -0.39 is 0 Å². The lowest BCUT2D eigenvalue weighted by atomic mass is 10.00. The topological polar surface area (TPSA) is 15.8 Å². The molecule has 0 aliphatic heterocycles. The van der Waals surface area contributed by atoms with E-state index in [0.29, 0.717) is 0 Å². The van der Waals surface area contributed by atoms with Crippen LogP contribution in [0.3, 0.4) is 0 Å². The average Bonchev–Trinajstić information content (AvgIpc) is 3.11. The third-order valence-electron chi connectivity index (χ3n) is 4.76. The van der Waals surface area contributed by atoms with Crippen molar-refractivity contribution in [1.29, 1.82) is 0 Å². The van der Waals surface area contributed by atoms with Gasteiger partial charge in [0.15, 0.2) is 0 Å². The third kappa shape index (κ3) is 1.17. The maximum absolute atomic E-state index is 3.63. The number of aromatic amines is 1. The molecule has 102 valence electrons. The Morgan fingerprint density at radius 1 is 0.682 bits per heavy atom. The molecule has 2 aromatic heterocycles. The van der Waals surface area contributed by atoms with Gasteiger partial charge in [-0.25, -0.2) is 0 Å². The first kappa shape index (κ1) is 11.0. The summed E-state index contributed by atoms with van der Waals surface area (Å²) in [6, 6.07) is 22.1. The fraction of sp³-hybridized carbons (Fsp3) is 0. The van der Waals surface area contributed by atoms with Crippen LogP contribution in [-0.4, -0.2) is 4.98 Å². The minimum atomic E-state index is 1.22. The predicted molar refractivity (Wildman–Crippen MR) is 97.4 cm³/mol. The van der Waals surface area contributed by atoms with Crippen LogP contribution < -0.4 is 0 Å². The fourth-order valence-electron chi connectivity index (χ4n) is 3.82. The van der Waals surface area contributed by atoms with Crippen molar-refractivity contribution in [1.82, 2.24) is 4.98 Å². The maximum atomic E-state index is 3.63. The molecule has 0 radical (unpaired) electrons. The lowest BCUT2D eigenvalue weighted by Gasteiger charge is -2.03. The summed E-state index contributed by atoms with van der Waals surface area (Å²) in [5, 5.41) is 8.16. The number of nitrogens with one attached hydrogen (secondary N) is 1. The standard InChI is InChI=1S/C20H11NS/c1-2-6-15-12(5-1)14-10-17-19-13(20(14)21-15)9-8-11-4-3-7-16(22-17)18(11)19/h1-10,21H. The van der Waals surface area contributed by atoms with Gasteiger partial charge in [-0.2, -0.15) is 0 Å². The quantitative estimate of drug-likeness (QED) is 0.317. The Labute approximate surface area is 130 Å². The number of fused-ring (bicyclic) bond motifs is 4. The van der Waals surface area contributed by atoms with Gasteiger partial charge in [-0.3, -0.25) is 0 Å². The number of para-hydroxylation sites is 1. The highest BCUT2D eigenvalue weighted by Gasteiger charge is 2.15. The summed E-state index contributed by atoms with van der Waals surface area (Å²) >= 11 is 1.90. The molecule has 1 N–H and O–H groups in total. The summed E-state index contributed by atoms with van der Waals surface area (Å²) in [7, 11) is 0. The normalized spacial score (nSPS) is 12.5. The number of hydrogen-bond acceptors (Lipinski definition) is 1. The number of aromatic nitrogens is 1. The van der Waals surface area contributed by atoms with Crippen molar-refractivity contribution >= 4 is 64.1 Å². The Hall–Kier alpha value is -2.58. The first-order valence-electron chi connectivity index (χ1n) is 7.47. The molecule has 1 nitrogen and oxygen atoms in total. The Bertz CT molecular complexity index is 1320. The van der Waals surface area contributed by atoms with Gasteiger partial charge < -0.3 is 4.98 Å². The summed E-state index contributed by atoms with van der Waals surface area (Å²) < 4.78 is 2.77. The van der Waals surface area contributed by atoms with Crippen LogP contribution in [0.15, 0.2) is 60.7 Å². The summed E-state index contributed by atoms with van der Waals surface area (Å²) in [5.41, 5.74) is 2.48. The summed E-state index contributed by atoms with van der Waals surface area (Å²) in [5.74, 6) is 0. The number of H-pyrrole nitrogens is 1. The number of hydrogen-bond donors (Lipinski definition) is 1. The molecular weight excluding hydrogens is 286 g/mol. The van der Waals surface area contributed by atoms with Gasteiger partial charge in [0.25, 0.3) is 0 Å². The minimum Gasteiger partial charge on any atom is -0.354 e. The zero-order valence-corrected chi connectivity index (χ0v) is 12.5. The largest absolute Gasteiger partial charge is 0.354 e. The van der Waals surface area contributed by atoms with E-state index in [9.17, 15) is 0 Å². The monoisotopic (exact) mass is 297 g/mol.